The topological polar surface area (TPSA) is 99.3 Å². The molecule has 0 radical (unpaired) electrons. The van der Waals surface area contributed by atoms with Gasteiger partial charge in [-0.15, -0.1) is 0 Å². The van der Waals surface area contributed by atoms with Crippen LogP contribution in [-0.4, -0.2) is 43.3 Å². The number of amides is 1. The molecule has 0 aromatic carbocycles. The Balaban J connectivity index is 2.13. The number of H-pyrrole nitrogens is 1. The number of thiazole rings is 1. The van der Waals surface area contributed by atoms with Crippen LogP contribution >= 0.6 is 11.3 Å². The first-order valence-corrected chi connectivity index (χ1v) is 8.62. The number of rotatable bonds is 4. The Hall–Kier alpha value is -1.19. The fourth-order valence-electron chi connectivity index (χ4n) is 2.19. The average molecular weight is 319 g/mol. The number of hydrogen-bond donors (Lipinski definition) is 2. The highest BCUT2D eigenvalue weighted by atomic mass is 32.2. The third kappa shape index (κ3) is 3.10. The largest absolute Gasteiger partial charge is 0.341 e. The summed E-state index contributed by atoms with van der Waals surface area (Å²) in [4.78, 5) is 26.9. The van der Waals surface area contributed by atoms with E-state index in [1.807, 2.05) is 0 Å². The quantitative estimate of drug-likeness (QED) is 0.818. The van der Waals surface area contributed by atoms with Crippen LogP contribution in [0.5, 0.6) is 0 Å². The van der Waals surface area contributed by atoms with Crippen molar-refractivity contribution in [1.82, 2.24) is 14.6 Å². The number of aryl methyl sites for hydroxylation is 1. The van der Waals surface area contributed by atoms with Crippen molar-refractivity contribution in [3.05, 3.63) is 15.4 Å². The lowest BCUT2D eigenvalue weighted by Crippen LogP contribution is -2.45. The van der Waals surface area contributed by atoms with Crippen molar-refractivity contribution in [2.75, 3.05) is 13.1 Å². The molecule has 0 saturated carbocycles. The standard InChI is InChI=1S/C11H17N3O4S2/c1-7(9(15)14-5-3-4-6-14)13-20(17,18)10-8(2)12-11(16)19-10/h7,13H,3-6H2,1-2H3,(H,12,16). The van der Waals surface area contributed by atoms with E-state index in [2.05, 4.69) is 9.71 Å². The monoisotopic (exact) mass is 319 g/mol. The zero-order valence-corrected chi connectivity index (χ0v) is 12.9. The molecule has 1 amide bonds. The molecular formula is C11H17N3O4S2. The fourth-order valence-corrected chi connectivity index (χ4v) is 4.71. The molecule has 7 nitrogen and oxygen atoms in total. The van der Waals surface area contributed by atoms with Crippen molar-refractivity contribution in [2.24, 2.45) is 0 Å². The summed E-state index contributed by atoms with van der Waals surface area (Å²) >= 11 is 0.621. The molecule has 1 aromatic heterocycles. The zero-order chi connectivity index (χ0) is 14.9. The molecule has 20 heavy (non-hydrogen) atoms. The number of aromatic amines is 1. The first-order valence-electron chi connectivity index (χ1n) is 6.32. The van der Waals surface area contributed by atoms with Gasteiger partial charge in [-0.25, -0.2) is 8.42 Å². The number of likely N-dealkylation sites (tertiary alicyclic amines) is 1. The minimum atomic E-state index is -3.85. The van der Waals surface area contributed by atoms with Crippen LogP contribution in [0.3, 0.4) is 0 Å². The molecule has 1 saturated heterocycles. The summed E-state index contributed by atoms with van der Waals surface area (Å²) in [6.45, 7) is 4.37. The summed E-state index contributed by atoms with van der Waals surface area (Å²) < 4.78 is 26.6. The van der Waals surface area contributed by atoms with Crippen molar-refractivity contribution in [2.45, 2.75) is 36.9 Å². The van der Waals surface area contributed by atoms with Gasteiger partial charge in [0.25, 0.3) is 10.0 Å². The van der Waals surface area contributed by atoms with Crippen LogP contribution in [0.2, 0.25) is 0 Å². The van der Waals surface area contributed by atoms with Crippen LogP contribution in [-0.2, 0) is 14.8 Å². The van der Waals surface area contributed by atoms with E-state index in [9.17, 15) is 18.0 Å². The Bertz CT molecular complexity index is 655. The second kappa shape index (κ2) is 5.66. The molecule has 0 aliphatic carbocycles. The number of sulfonamides is 1. The van der Waals surface area contributed by atoms with E-state index in [0.717, 1.165) is 12.8 Å². The number of nitrogens with zero attached hydrogens (tertiary/aromatic N) is 1. The number of hydrogen-bond acceptors (Lipinski definition) is 5. The molecule has 1 aromatic rings. The molecule has 9 heteroatoms. The first kappa shape index (κ1) is 15.2. The second-order valence-corrected chi connectivity index (χ2v) is 7.69. The van der Waals surface area contributed by atoms with Crippen LogP contribution in [0.1, 0.15) is 25.5 Å². The molecule has 1 aliphatic heterocycles. The number of nitrogens with one attached hydrogen (secondary N) is 2. The lowest BCUT2D eigenvalue weighted by molar-refractivity contribution is -0.131. The number of aromatic nitrogens is 1. The minimum absolute atomic E-state index is 0.0661. The van der Waals surface area contributed by atoms with Gasteiger partial charge in [0.2, 0.25) is 5.91 Å². The van der Waals surface area contributed by atoms with E-state index < -0.39 is 20.9 Å². The van der Waals surface area contributed by atoms with Gasteiger partial charge in [0.1, 0.15) is 0 Å². The van der Waals surface area contributed by atoms with E-state index in [1.54, 1.807) is 4.90 Å². The van der Waals surface area contributed by atoms with Crippen molar-refractivity contribution in [3.63, 3.8) is 0 Å². The molecule has 2 heterocycles. The van der Waals surface area contributed by atoms with Crippen LogP contribution in [0.15, 0.2) is 9.00 Å². The fraction of sp³-hybridized carbons (Fsp3) is 0.636. The second-order valence-electron chi connectivity index (χ2n) is 4.80. The maximum Gasteiger partial charge on any atom is 0.305 e. The Morgan fingerprint density at radius 1 is 1.40 bits per heavy atom. The SMILES string of the molecule is Cc1[nH]c(=O)sc1S(=O)(=O)NC(C)C(=O)N1CCCC1. The molecule has 0 bridgehead atoms. The van der Waals surface area contributed by atoms with E-state index in [0.29, 0.717) is 24.4 Å². The minimum Gasteiger partial charge on any atom is -0.341 e. The maximum atomic E-state index is 12.2. The lowest BCUT2D eigenvalue weighted by Gasteiger charge is -2.20. The molecule has 0 spiro atoms. The molecule has 2 N–H and O–H groups in total. The smallest absolute Gasteiger partial charge is 0.305 e. The molecule has 2 rings (SSSR count). The summed E-state index contributed by atoms with van der Waals surface area (Å²) in [7, 11) is -3.85. The first-order chi connectivity index (χ1) is 9.31. The van der Waals surface area contributed by atoms with Crippen molar-refractivity contribution < 1.29 is 13.2 Å². The third-order valence-corrected chi connectivity index (χ3v) is 6.29. The van der Waals surface area contributed by atoms with Crippen LogP contribution in [0, 0.1) is 6.92 Å². The number of carbonyl (C=O) groups excluding carboxylic acids is 1. The van der Waals surface area contributed by atoms with Gasteiger partial charge in [-0.1, -0.05) is 11.3 Å². The van der Waals surface area contributed by atoms with E-state index >= 15 is 0 Å². The van der Waals surface area contributed by atoms with Gasteiger partial charge in [-0.3, -0.25) is 9.59 Å². The molecule has 1 fully saturated rings. The highest BCUT2D eigenvalue weighted by molar-refractivity contribution is 7.91. The van der Waals surface area contributed by atoms with E-state index in [4.69, 9.17) is 0 Å². The van der Waals surface area contributed by atoms with Gasteiger partial charge in [-0.2, -0.15) is 4.72 Å². The molecule has 1 atom stereocenters. The highest BCUT2D eigenvalue weighted by Crippen LogP contribution is 2.17. The summed E-state index contributed by atoms with van der Waals surface area (Å²) in [5.41, 5.74) is 0.285. The maximum absolute atomic E-state index is 12.2. The van der Waals surface area contributed by atoms with Gasteiger partial charge < -0.3 is 9.88 Å². The van der Waals surface area contributed by atoms with Crippen molar-refractivity contribution >= 4 is 27.3 Å². The summed E-state index contributed by atoms with van der Waals surface area (Å²) in [6, 6.07) is -0.838. The lowest BCUT2D eigenvalue weighted by atomic mass is 10.3. The molecular weight excluding hydrogens is 302 g/mol. The summed E-state index contributed by atoms with van der Waals surface area (Å²) in [5.74, 6) is -0.230. The average Bonchev–Trinajstić information content (AvgIpc) is 2.97. The molecule has 1 aliphatic rings. The predicted molar refractivity (Wildman–Crippen MR) is 75.3 cm³/mol. The van der Waals surface area contributed by atoms with Crippen molar-refractivity contribution in [1.29, 1.82) is 0 Å². The molecule has 112 valence electrons. The Labute approximate surface area is 121 Å². The van der Waals surface area contributed by atoms with Crippen LogP contribution in [0.4, 0.5) is 0 Å². The van der Waals surface area contributed by atoms with E-state index in [-0.39, 0.29) is 15.8 Å². The Kier molecular flexibility index (Phi) is 4.31. The van der Waals surface area contributed by atoms with Gasteiger partial charge in [0.05, 0.1) is 6.04 Å². The Morgan fingerprint density at radius 3 is 2.50 bits per heavy atom. The predicted octanol–water partition coefficient (Wildman–Crippen LogP) is 0.0340. The summed E-state index contributed by atoms with van der Waals surface area (Å²) in [6.07, 6.45) is 1.90. The highest BCUT2D eigenvalue weighted by Gasteiger charge is 2.29. The van der Waals surface area contributed by atoms with Gasteiger partial charge in [0.15, 0.2) is 4.21 Å². The zero-order valence-electron chi connectivity index (χ0n) is 11.3. The molecule has 1 unspecified atom stereocenters. The van der Waals surface area contributed by atoms with Gasteiger partial charge >= 0.3 is 4.87 Å². The third-order valence-electron chi connectivity index (χ3n) is 3.15. The van der Waals surface area contributed by atoms with Gasteiger partial charge in [-0.05, 0) is 26.7 Å². The van der Waals surface area contributed by atoms with Crippen LogP contribution < -0.4 is 9.60 Å². The van der Waals surface area contributed by atoms with Crippen LogP contribution in [0.25, 0.3) is 0 Å². The Morgan fingerprint density at radius 2 is 2.00 bits per heavy atom. The van der Waals surface area contributed by atoms with Gasteiger partial charge in [0, 0.05) is 18.8 Å². The summed E-state index contributed by atoms with van der Waals surface area (Å²) in [5, 5.41) is 0. The number of carbonyl (C=O) groups is 1. The van der Waals surface area contributed by atoms with Crippen molar-refractivity contribution in [3.8, 4) is 0 Å². The normalized spacial score (nSPS) is 17.4. The van der Waals surface area contributed by atoms with E-state index in [1.165, 1.54) is 13.8 Å².